The Bertz CT molecular complexity index is 1130. The predicted octanol–water partition coefficient (Wildman–Crippen LogP) is 5.09. The number of nitrogens with one attached hydrogen (secondary N) is 1. The number of hydrogen-bond acceptors (Lipinski definition) is 5. The molecule has 0 spiro atoms. The van der Waals surface area contributed by atoms with Crippen molar-refractivity contribution in [2.45, 2.75) is 32.8 Å². The van der Waals surface area contributed by atoms with Crippen LogP contribution in [0.5, 0.6) is 0 Å². The van der Waals surface area contributed by atoms with E-state index in [9.17, 15) is 9.59 Å². The lowest BCUT2D eigenvalue weighted by Gasteiger charge is -2.34. The summed E-state index contributed by atoms with van der Waals surface area (Å²) in [5.74, 6) is 0.650. The second kappa shape index (κ2) is 10.6. The van der Waals surface area contributed by atoms with E-state index in [1.165, 1.54) is 5.56 Å². The van der Waals surface area contributed by atoms with Crippen LogP contribution >= 0.6 is 0 Å². The summed E-state index contributed by atoms with van der Waals surface area (Å²) in [6, 6.07) is 21.1. The van der Waals surface area contributed by atoms with Gasteiger partial charge >= 0.3 is 6.09 Å². The van der Waals surface area contributed by atoms with E-state index in [4.69, 9.17) is 4.74 Å². The Labute approximate surface area is 206 Å². The molecular formula is C28H32N4O3. The maximum atomic E-state index is 12.6. The molecule has 35 heavy (non-hydrogen) atoms. The van der Waals surface area contributed by atoms with E-state index >= 15 is 0 Å². The first-order chi connectivity index (χ1) is 16.8. The molecule has 1 aliphatic heterocycles. The molecule has 7 nitrogen and oxygen atoms in total. The predicted molar refractivity (Wildman–Crippen MR) is 138 cm³/mol. The van der Waals surface area contributed by atoms with Crippen molar-refractivity contribution >= 4 is 23.5 Å². The van der Waals surface area contributed by atoms with Crippen LogP contribution in [0, 0.1) is 0 Å². The molecule has 1 saturated heterocycles. The zero-order chi connectivity index (χ0) is 24.8. The Morgan fingerprint density at radius 3 is 2.20 bits per heavy atom. The van der Waals surface area contributed by atoms with Crippen molar-refractivity contribution in [1.29, 1.82) is 0 Å². The molecule has 0 aliphatic carbocycles. The first kappa shape index (κ1) is 24.3. The number of ether oxygens (including phenoxy) is 1. The number of carbonyl (C=O) groups is 2. The molecule has 1 aliphatic rings. The molecule has 2 amide bonds. The summed E-state index contributed by atoms with van der Waals surface area (Å²) in [6.45, 7) is 9.18. The summed E-state index contributed by atoms with van der Waals surface area (Å²) < 4.78 is 5.43. The summed E-state index contributed by atoms with van der Waals surface area (Å²) in [5.41, 5.74) is 3.45. The maximum absolute atomic E-state index is 12.6. The fourth-order valence-corrected chi connectivity index (χ4v) is 3.90. The number of piperazine rings is 1. The molecule has 182 valence electrons. The standard InChI is InChI=1S/C28H32N4O3/c1-28(2,3)23-11-9-22(10-12-23)26(33)30-24-13-14-25(29-19-24)31-15-17-32(18-16-31)27(34)35-20-21-7-5-4-6-8-21/h4-14,19H,15-18,20H2,1-3H3,(H,30,33). The molecule has 4 rings (SSSR count). The van der Waals surface area contributed by atoms with Crippen LogP contribution < -0.4 is 10.2 Å². The van der Waals surface area contributed by atoms with Crippen LogP contribution in [0.25, 0.3) is 0 Å². The molecular weight excluding hydrogens is 440 g/mol. The van der Waals surface area contributed by atoms with E-state index in [1.807, 2.05) is 66.7 Å². The van der Waals surface area contributed by atoms with Gasteiger partial charge in [-0.3, -0.25) is 4.79 Å². The van der Waals surface area contributed by atoms with Gasteiger partial charge in [0.05, 0.1) is 11.9 Å². The summed E-state index contributed by atoms with van der Waals surface area (Å²) in [6.07, 6.45) is 1.37. The minimum absolute atomic E-state index is 0.0444. The number of pyridine rings is 1. The summed E-state index contributed by atoms with van der Waals surface area (Å²) >= 11 is 0. The van der Waals surface area contributed by atoms with E-state index in [2.05, 4.69) is 36.0 Å². The fourth-order valence-electron chi connectivity index (χ4n) is 3.90. The fraction of sp³-hybridized carbons (Fsp3) is 0.321. The van der Waals surface area contributed by atoms with Crippen LogP contribution in [-0.2, 0) is 16.8 Å². The Morgan fingerprint density at radius 2 is 1.60 bits per heavy atom. The number of rotatable bonds is 5. The Morgan fingerprint density at radius 1 is 0.914 bits per heavy atom. The Balaban J connectivity index is 1.26. The van der Waals surface area contributed by atoms with Gasteiger partial charge in [0.1, 0.15) is 12.4 Å². The molecule has 1 N–H and O–H groups in total. The summed E-state index contributed by atoms with van der Waals surface area (Å²) in [5, 5.41) is 2.91. The van der Waals surface area contributed by atoms with Gasteiger partial charge in [-0.15, -0.1) is 0 Å². The van der Waals surface area contributed by atoms with Crippen LogP contribution in [0.3, 0.4) is 0 Å². The van der Waals surface area contributed by atoms with Crippen molar-refractivity contribution < 1.29 is 14.3 Å². The van der Waals surface area contributed by atoms with Gasteiger partial charge < -0.3 is 19.9 Å². The molecule has 2 heterocycles. The van der Waals surface area contributed by atoms with Gasteiger partial charge in [0.15, 0.2) is 0 Å². The highest BCUT2D eigenvalue weighted by Gasteiger charge is 2.23. The highest BCUT2D eigenvalue weighted by Crippen LogP contribution is 2.23. The zero-order valence-corrected chi connectivity index (χ0v) is 20.5. The van der Waals surface area contributed by atoms with Gasteiger partial charge in [0.25, 0.3) is 5.91 Å². The van der Waals surface area contributed by atoms with Crippen LogP contribution in [0.2, 0.25) is 0 Å². The molecule has 2 aromatic carbocycles. The van der Waals surface area contributed by atoms with Gasteiger partial charge in [-0.05, 0) is 40.8 Å². The summed E-state index contributed by atoms with van der Waals surface area (Å²) in [7, 11) is 0. The van der Waals surface area contributed by atoms with Crippen molar-refractivity contribution in [1.82, 2.24) is 9.88 Å². The second-order valence-electron chi connectivity index (χ2n) is 9.70. The van der Waals surface area contributed by atoms with E-state index < -0.39 is 0 Å². The number of anilines is 2. The van der Waals surface area contributed by atoms with Crippen LogP contribution in [0.1, 0.15) is 42.3 Å². The molecule has 0 unspecified atom stereocenters. The average Bonchev–Trinajstić information content (AvgIpc) is 2.88. The van der Waals surface area contributed by atoms with Gasteiger partial charge in [-0.2, -0.15) is 0 Å². The van der Waals surface area contributed by atoms with Crippen molar-refractivity contribution in [3.63, 3.8) is 0 Å². The first-order valence-corrected chi connectivity index (χ1v) is 11.9. The smallest absolute Gasteiger partial charge is 0.410 e. The minimum Gasteiger partial charge on any atom is -0.445 e. The average molecular weight is 473 g/mol. The van der Waals surface area contributed by atoms with E-state index in [-0.39, 0.29) is 24.0 Å². The van der Waals surface area contributed by atoms with Crippen LogP contribution in [-0.4, -0.2) is 48.1 Å². The van der Waals surface area contributed by atoms with Crippen LogP contribution in [0.4, 0.5) is 16.3 Å². The number of hydrogen-bond donors (Lipinski definition) is 1. The van der Waals surface area contributed by atoms with Crippen molar-refractivity contribution in [3.8, 4) is 0 Å². The quantitative estimate of drug-likeness (QED) is 0.560. The SMILES string of the molecule is CC(C)(C)c1ccc(C(=O)Nc2ccc(N3CCN(C(=O)OCc4ccccc4)CC3)nc2)cc1. The lowest BCUT2D eigenvalue weighted by atomic mass is 9.87. The highest BCUT2D eigenvalue weighted by atomic mass is 16.6. The van der Waals surface area contributed by atoms with Crippen molar-refractivity contribution in [2.24, 2.45) is 0 Å². The molecule has 3 aromatic rings. The van der Waals surface area contributed by atoms with Gasteiger partial charge in [0, 0.05) is 31.7 Å². The monoisotopic (exact) mass is 472 g/mol. The number of benzene rings is 2. The first-order valence-electron chi connectivity index (χ1n) is 11.9. The zero-order valence-electron chi connectivity index (χ0n) is 20.5. The molecule has 0 radical (unpaired) electrons. The van der Waals surface area contributed by atoms with E-state index in [0.717, 1.165) is 11.4 Å². The third-order valence-corrected chi connectivity index (χ3v) is 6.09. The Kier molecular flexibility index (Phi) is 7.34. The third-order valence-electron chi connectivity index (χ3n) is 6.09. The highest BCUT2D eigenvalue weighted by molar-refractivity contribution is 6.04. The number of carbonyl (C=O) groups excluding carboxylic acids is 2. The Hall–Kier alpha value is -3.87. The van der Waals surface area contributed by atoms with Crippen LogP contribution in [0.15, 0.2) is 72.9 Å². The van der Waals surface area contributed by atoms with Crippen molar-refractivity contribution in [3.05, 3.63) is 89.6 Å². The molecule has 0 atom stereocenters. The molecule has 0 bridgehead atoms. The van der Waals surface area contributed by atoms with Gasteiger partial charge in [-0.1, -0.05) is 63.2 Å². The van der Waals surface area contributed by atoms with E-state index in [1.54, 1.807) is 11.1 Å². The number of amides is 2. The minimum atomic E-state index is -0.296. The second-order valence-corrected chi connectivity index (χ2v) is 9.70. The van der Waals surface area contributed by atoms with Crippen molar-refractivity contribution in [2.75, 3.05) is 36.4 Å². The largest absolute Gasteiger partial charge is 0.445 e. The van der Waals surface area contributed by atoms with Gasteiger partial charge in [0.2, 0.25) is 0 Å². The number of nitrogens with zero attached hydrogens (tertiary/aromatic N) is 3. The lowest BCUT2D eigenvalue weighted by Crippen LogP contribution is -2.49. The normalized spacial score (nSPS) is 13.9. The van der Waals surface area contributed by atoms with Gasteiger partial charge in [-0.25, -0.2) is 9.78 Å². The topological polar surface area (TPSA) is 74.8 Å². The molecule has 0 saturated carbocycles. The van der Waals surface area contributed by atoms with E-state index in [0.29, 0.717) is 37.4 Å². The number of aromatic nitrogens is 1. The molecule has 1 aromatic heterocycles. The molecule has 7 heteroatoms. The molecule has 1 fully saturated rings. The lowest BCUT2D eigenvalue weighted by molar-refractivity contribution is 0.0941. The summed E-state index contributed by atoms with van der Waals surface area (Å²) in [4.78, 5) is 33.3. The third kappa shape index (κ3) is 6.38. The maximum Gasteiger partial charge on any atom is 0.410 e.